The number of pyridine rings is 1. The Labute approximate surface area is 167 Å². The third-order valence-electron chi connectivity index (χ3n) is 4.87. The summed E-state index contributed by atoms with van der Waals surface area (Å²) in [7, 11) is 0. The number of nitriles is 1. The number of aromatic nitrogens is 3. The Bertz CT molecular complexity index is 1080. The summed E-state index contributed by atoms with van der Waals surface area (Å²) in [5, 5.41) is 26.5. The molecule has 29 heavy (non-hydrogen) atoms. The molecule has 0 radical (unpaired) electrons. The molecule has 146 valence electrons. The average molecular weight is 389 g/mol. The topological polar surface area (TPSA) is 113 Å². The Morgan fingerprint density at radius 2 is 2.03 bits per heavy atom. The number of aromatic hydroxyl groups is 1. The lowest BCUT2D eigenvalue weighted by molar-refractivity contribution is -0.0978. The first kappa shape index (κ1) is 18.7. The Morgan fingerprint density at radius 1 is 1.28 bits per heavy atom. The molecule has 1 aromatic carbocycles. The van der Waals surface area contributed by atoms with Crippen molar-refractivity contribution < 1.29 is 14.6 Å². The monoisotopic (exact) mass is 389 g/mol. The van der Waals surface area contributed by atoms with E-state index in [9.17, 15) is 9.90 Å². The highest BCUT2D eigenvalue weighted by atomic mass is 16.5. The minimum absolute atomic E-state index is 0.00821. The summed E-state index contributed by atoms with van der Waals surface area (Å²) >= 11 is 0. The molecule has 1 amide bonds. The van der Waals surface area contributed by atoms with Gasteiger partial charge in [0.2, 0.25) is 5.88 Å². The van der Waals surface area contributed by atoms with E-state index in [0.717, 1.165) is 5.56 Å². The highest BCUT2D eigenvalue weighted by Gasteiger charge is 2.33. The number of hydrogen-bond acceptors (Lipinski definition) is 6. The van der Waals surface area contributed by atoms with Crippen LogP contribution in [0.15, 0.2) is 48.8 Å². The van der Waals surface area contributed by atoms with Gasteiger partial charge in [0.15, 0.2) is 5.82 Å². The Morgan fingerprint density at radius 3 is 2.62 bits per heavy atom. The molecule has 0 aliphatic carbocycles. The lowest BCUT2D eigenvalue weighted by Crippen LogP contribution is -2.48. The zero-order valence-corrected chi connectivity index (χ0v) is 15.8. The first-order chi connectivity index (χ1) is 14.0. The minimum atomic E-state index is -0.208. The number of hydrogen-bond donors (Lipinski definition) is 2. The van der Waals surface area contributed by atoms with Crippen molar-refractivity contribution in [2.45, 2.75) is 6.92 Å². The third kappa shape index (κ3) is 3.68. The van der Waals surface area contributed by atoms with Crippen LogP contribution in [0.1, 0.15) is 22.8 Å². The van der Waals surface area contributed by atoms with Gasteiger partial charge >= 0.3 is 0 Å². The lowest BCUT2D eigenvalue weighted by atomic mass is 9.89. The molecule has 3 aromatic rings. The maximum absolute atomic E-state index is 12.3. The van der Waals surface area contributed by atoms with E-state index in [-0.39, 0.29) is 17.2 Å². The van der Waals surface area contributed by atoms with Crippen LogP contribution in [0.4, 0.5) is 0 Å². The number of carbonyl (C=O) groups excluding carboxylic acids is 1. The summed E-state index contributed by atoms with van der Waals surface area (Å²) < 4.78 is 6.48. The van der Waals surface area contributed by atoms with Gasteiger partial charge in [-0.05, 0) is 29.8 Å². The highest BCUT2D eigenvalue weighted by molar-refractivity contribution is 5.94. The van der Waals surface area contributed by atoms with Gasteiger partial charge in [0.1, 0.15) is 0 Å². The Hall–Kier alpha value is -3.70. The van der Waals surface area contributed by atoms with Crippen molar-refractivity contribution in [2.24, 2.45) is 5.41 Å². The van der Waals surface area contributed by atoms with Gasteiger partial charge in [0.25, 0.3) is 5.91 Å². The number of nitrogens with zero attached hydrogens (tertiary/aromatic N) is 4. The highest BCUT2D eigenvalue weighted by Crippen LogP contribution is 2.30. The molecule has 0 spiro atoms. The molecule has 8 nitrogen and oxygen atoms in total. The molecule has 4 rings (SSSR count). The largest absolute Gasteiger partial charge is 0.493 e. The van der Waals surface area contributed by atoms with E-state index in [1.807, 2.05) is 0 Å². The number of benzene rings is 1. The number of nitrogens with one attached hydrogen (secondary N) is 1. The zero-order chi connectivity index (χ0) is 20.4. The maximum atomic E-state index is 12.3. The quantitative estimate of drug-likeness (QED) is 0.692. The first-order valence-corrected chi connectivity index (χ1v) is 9.09. The summed E-state index contributed by atoms with van der Waals surface area (Å²) in [6, 6.07) is 12.2. The molecule has 3 heterocycles. The third-order valence-corrected chi connectivity index (χ3v) is 4.87. The number of carbonyl (C=O) groups is 1. The second kappa shape index (κ2) is 7.37. The van der Waals surface area contributed by atoms with Crippen LogP contribution in [-0.2, 0) is 4.74 Å². The van der Waals surface area contributed by atoms with Crippen LogP contribution in [0.25, 0.3) is 16.9 Å². The summed E-state index contributed by atoms with van der Waals surface area (Å²) in [4.78, 5) is 16.6. The predicted octanol–water partition coefficient (Wildman–Crippen LogP) is 2.28. The van der Waals surface area contributed by atoms with Crippen molar-refractivity contribution in [1.82, 2.24) is 20.1 Å². The van der Waals surface area contributed by atoms with E-state index in [1.54, 1.807) is 36.4 Å². The van der Waals surface area contributed by atoms with Crippen molar-refractivity contribution >= 4 is 5.91 Å². The van der Waals surface area contributed by atoms with Crippen LogP contribution < -0.4 is 5.32 Å². The van der Waals surface area contributed by atoms with Crippen molar-refractivity contribution in [3.63, 3.8) is 0 Å². The SMILES string of the molecule is CC1(CNC(=O)c2ccc(-n3ncc(-c4ccc(C#N)cc4)c3O)nc2)COC1. The molecule has 0 saturated carbocycles. The molecule has 0 atom stereocenters. The predicted molar refractivity (Wildman–Crippen MR) is 104 cm³/mol. The minimum Gasteiger partial charge on any atom is -0.493 e. The fourth-order valence-corrected chi connectivity index (χ4v) is 3.03. The number of amides is 1. The first-order valence-electron chi connectivity index (χ1n) is 9.09. The van der Waals surface area contributed by atoms with Gasteiger partial charge in [-0.1, -0.05) is 19.1 Å². The van der Waals surface area contributed by atoms with Gasteiger partial charge in [-0.2, -0.15) is 15.0 Å². The van der Waals surface area contributed by atoms with Crippen LogP contribution >= 0.6 is 0 Å². The van der Waals surface area contributed by atoms with Crippen molar-refractivity contribution in [2.75, 3.05) is 19.8 Å². The fraction of sp³-hybridized carbons (Fsp3) is 0.238. The van der Waals surface area contributed by atoms with E-state index in [2.05, 4.69) is 28.4 Å². The standard InChI is InChI=1S/C21H19N5O3/c1-21(12-29-13-21)11-24-19(27)16-6-7-18(23-9-16)26-20(28)17(10-25-26)15-4-2-14(8-22)3-5-15/h2-7,9-10,28H,11-13H2,1H3,(H,24,27). The summed E-state index contributed by atoms with van der Waals surface area (Å²) in [5.74, 6) is 0.107. The van der Waals surface area contributed by atoms with Gasteiger partial charge in [-0.25, -0.2) is 4.98 Å². The second-order valence-electron chi connectivity index (χ2n) is 7.37. The van der Waals surface area contributed by atoms with E-state index in [4.69, 9.17) is 10.00 Å². The van der Waals surface area contributed by atoms with Gasteiger partial charge in [0, 0.05) is 18.2 Å². The van der Waals surface area contributed by atoms with Gasteiger partial charge in [-0.3, -0.25) is 4.79 Å². The van der Waals surface area contributed by atoms with E-state index < -0.39 is 0 Å². The molecular weight excluding hydrogens is 370 g/mol. The normalized spacial score (nSPS) is 14.6. The van der Waals surface area contributed by atoms with Crippen LogP contribution in [0, 0.1) is 16.7 Å². The number of ether oxygens (including phenoxy) is 1. The van der Waals surface area contributed by atoms with E-state index in [0.29, 0.717) is 42.3 Å². The molecule has 1 aliphatic rings. The van der Waals surface area contributed by atoms with Crippen molar-refractivity contribution in [3.8, 4) is 28.9 Å². The van der Waals surface area contributed by atoms with Crippen LogP contribution in [0.2, 0.25) is 0 Å². The van der Waals surface area contributed by atoms with E-state index >= 15 is 0 Å². The van der Waals surface area contributed by atoms with Crippen LogP contribution in [0.5, 0.6) is 5.88 Å². The summed E-state index contributed by atoms with van der Waals surface area (Å²) in [6.45, 7) is 3.89. The molecular formula is C21H19N5O3. The van der Waals surface area contributed by atoms with Crippen LogP contribution in [0.3, 0.4) is 0 Å². The molecule has 1 fully saturated rings. The molecule has 2 aromatic heterocycles. The lowest BCUT2D eigenvalue weighted by Gasteiger charge is -2.37. The van der Waals surface area contributed by atoms with Gasteiger partial charge in [0.05, 0.1) is 42.2 Å². The van der Waals surface area contributed by atoms with Crippen LogP contribution in [-0.4, -0.2) is 45.5 Å². The molecule has 0 unspecified atom stereocenters. The number of rotatable bonds is 5. The molecule has 8 heteroatoms. The average Bonchev–Trinajstić information content (AvgIpc) is 3.12. The smallest absolute Gasteiger partial charge is 0.252 e. The Kier molecular flexibility index (Phi) is 4.74. The Balaban J connectivity index is 1.49. The summed E-state index contributed by atoms with van der Waals surface area (Å²) in [6.07, 6.45) is 2.98. The van der Waals surface area contributed by atoms with Crippen molar-refractivity contribution in [1.29, 1.82) is 5.26 Å². The van der Waals surface area contributed by atoms with Gasteiger partial charge < -0.3 is 15.2 Å². The molecule has 1 saturated heterocycles. The summed E-state index contributed by atoms with van der Waals surface area (Å²) in [5.41, 5.74) is 2.21. The molecule has 0 bridgehead atoms. The second-order valence-corrected chi connectivity index (χ2v) is 7.37. The molecule has 2 N–H and O–H groups in total. The maximum Gasteiger partial charge on any atom is 0.252 e. The molecule has 1 aliphatic heterocycles. The van der Waals surface area contributed by atoms with E-state index in [1.165, 1.54) is 17.1 Å². The van der Waals surface area contributed by atoms with Crippen molar-refractivity contribution in [3.05, 3.63) is 59.9 Å². The fourth-order valence-electron chi connectivity index (χ4n) is 3.03. The van der Waals surface area contributed by atoms with Gasteiger partial charge in [-0.15, -0.1) is 0 Å². The zero-order valence-electron chi connectivity index (χ0n) is 15.8.